The van der Waals surface area contributed by atoms with Gasteiger partial charge in [0.2, 0.25) is 0 Å². The highest BCUT2D eigenvalue weighted by atomic mass is 35.5. The molecule has 16 fully saturated rings. The first kappa shape index (κ1) is 43.7. The van der Waals surface area contributed by atoms with Gasteiger partial charge in [-0.25, -0.2) is 4.79 Å². The van der Waals surface area contributed by atoms with Crippen LogP contribution in [-0.2, 0) is 52.2 Å². The fourth-order valence-corrected chi connectivity index (χ4v) is 16.6. The van der Waals surface area contributed by atoms with Crippen LogP contribution < -0.4 is 0 Å². The van der Waals surface area contributed by atoms with Crippen molar-refractivity contribution >= 4 is 17.6 Å². The Labute approximate surface area is 373 Å². The highest BCUT2D eigenvalue weighted by Gasteiger charge is 2.53. The lowest BCUT2D eigenvalue weighted by molar-refractivity contribution is -0.195. The van der Waals surface area contributed by atoms with E-state index in [9.17, 15) is 9.90 Å². The van der Waals surface area contributed by atoms with Crippen molar-refractivity contribution in [3.05, 3.63) is 12.2 Å². The van der Waals surface area contributed by atoms with E-state index >= 15 is 0 Å². The normalized spacial score (nSPS) is 51.4. The van der Waals surface area contributed by atoms with E-state index in [1.54, 1.807) is 6.92 Å². The molecule has 0 spiro atoms. The van der Waals surface area contributed by atoms with Crippen LogP contribution in [-0.4, -0.2) is 124 Å². The number of alkyl halides is 1. The van der Waals surface area contributed by atoms with Crippen LogP contribution in [0.1, 0.15) is 103 Å². The second kappa shape index (κ2) is 18.6. The van der Waals surface area contributed by atoms with Crippen LogP contribution in [0.15, 0.2) is 12.2 Å². The number of fused-ring (bicyclic) bond motifs is 2. The van der Waals surface area contributed by atoms with Gasteiger partial charge in [-0.05, 0) is 174 Å². The lowest BCUT2D eigenvalue weighted by Crippen LogP contribution is -2.49. The summed E-state index contributed by atoms with van der Waals surface area (Å²) in [6.45, 7) is 7.52. The molecule has 0 aromatic carbocycles. The number of hydrogen-bond donors (Lipinski definition) is 1. The first-order valence-electron chi connectivity index (χ1n) is 24.9. The number of rotatable bonds is 12. The quantitative estimate of drug-likeness (QED) is 0.0958. The summed E-state index contributed by atoms with van der Waals surface area (Å²) in [7, 11) is 0. The molecule has 12 aliphatic carbocycles. The Morgan fingerprint density at radius 3 is 1.24 bits per heavy atom. The van der Waals surface area contributed by atoms with E-state index in [0.717, 1.165) is 71.0 Å². The molecule has 4 heterocycles. The van der Waals surface area contributed by atoms with Gasteiger partial charge in [0.15, 0.2) is 6.10 Å². The van der Waals surface area contributed by atoms with Crippen LogP contribution in [0.3, 0.4) is 0 Å². The van der Waals surface area contributed by atoms with Crippen molar-refractivity contribution in [2.24, 2.45) is 71.0 Å². The standard InChI is InChI=1S/C21H30O6.C17H26O5.C11H17ClO/c1-11(2)21(22)27-17-9-24-19-16(8-23-20(17)19)25-10-26-18-14-4-12-3-13(6-14)7-15(18)5-12;18-13-6-19-17-14(7-20-16(13)17)21-8-22-15-11-2-9-1-10(4-11)5-12(15)3-9;12-6-13-11-9-2-7-1-8(4-9)5-10(11)3-7/h12-20H,1,3-10H2,2H3;9-18H,1-8H2;7-11H,1-6H2/t12?,13?,14?,15?,16-,17+,18?,19-,20-;9?,10?,11?,12?,13-,14+,15?,16+,17+;/m10./s1. The van der Waals surface area contributed by atoms with Crippen LogP contribution in [0.5, 0.6) is 0 Å². The summed E-state index contributed by atoms with van der Waals surface area (Å²) in [5.74, 6) is 10.2. The lowest BCUT2D eigenvalue weighted by Gasteiger charge is -2.53. The topological polar surface area (TPSA) is 130 Å². The van der Waals surface area contributed by atoms with Gasteiger partial charge in [0.05, 0.1) is 44.7 Å². The van der Waals surface area contributed by atoms with Gasteiger partial charge >= 0.3 is 5.97 Å². The maximum absolute atomic E-state index is 11.8. The number of esters is 1. The van der Waals surface area contributed by atoms with Gasteiger partial charge in [0.1, 0.15) is 62.4 Å². The largest absolute Gasteiger partial charge is 0.454 e. The highest BCUT2D eigenvalue weighted by Crippen LogP contribution is 2.57. The number of aliphatic hydroxyl groups is 1. The molecule has 16 aliphatic rings. The molecule has 1 N–H and O–H groups in total. The Kier molecular flexibility index (Phi) is 13.1. The number of aliphatic hydroxyl groups excluding tert-OH is 1. The SMILES string of the molecule is C=C(C)C(=O)O[C@H]1CO[C@H]2[C@@H]1OC[C@H]2OCOC1C2CC3CC(C2)CC1C3.ClCOC1C2CC3CC(C2)CC1C3.O[C@H]1CO[C@H]2[C@@H]1OC[C@H]2OCOC1C2CC3CC(C2)CC1C3. The van der Waals surface area contributed by atoms with Gasteiger partial charge in [-0.15, -0.1) is 0 Å². The fourth-order valence-electron chi connectivity index (χ4n) is 16.4. The Morgan fingerprint density at radius 2 is 0.839 bits per heavy atom. The zero-order valence-electron chi connectivity index (χ0n) is 36.9. The summed E-state index contributed by atoms with van der Waals surface area (Å²) in [6.07, 6.45) is 20.3. The molecule has 16 rings (SSSR count). The summed E-state index contributed by atoms with van der Waals surface area (Å²) in [6, 6.07) is 0.396. The van der Waals surface area contributed by atoms with Gasteiger partial charge in [-0.3, -0.25) is 0 Å². The van der Waals surface area contributed by atoms with Crippen LogP contribution >= 0.6 is 11.6 Å². The fraction of sp³-hybridized carbons (Fsp3) is 0.939. The molecule has 4 aliphatic heterocycles. The first-order valence-corrected chi connectivity index (χ1v) is 25.4. The average molecular weight is 890 g/mol. The predicted molar refractivity (Wildman–Crippen MR) is 226 cm³/mol. The summed E-state index contributed by atoms with van der Waals surface area (Å²) in [4.78, 5) is 11.8. The zero-order chi connectivity index (χ0) is 42.1. The molecule has 0 unspecified atom stereocenters. The first-order chi connectivity index (χ1) is 30.2. The van der Waals surface area contributed by atoms with Gasteiger partial charge in [-0.2, -0.15) is 0 Å². The van der Waals surface area contributed by atoms with E-state index in [2.05, 4.69) is 6.58 Å². The number of halogens is 1. The monoisotopic (exact) mass is 888 g/mol. The minimum absolute atomic E-state index is 0.0982. The molecular weight excluding hydrogens is 816 g/mol. The molecule has 8 atom stereocenters. The molecule has 0 aromatic rings. The minimum Gasteiger partial charge on any atom is -0.454 e. The average Bonchev–Trinajstić information content (AvgIpc) is 4.03. The van der Waals surface area contributed by atoms with Gasteiger partial charge in [0, 0.05) is 5.57 Å². The molecule has 62 heavy (non-hydrogen) atoms. The molecule has 0 aromatic heterocycles. The van der Waals surface area contributed by atoms with Crippen LogP contribution in [0.25, 0.3) is 0 Å². The molecule has 12 nitrogen and oxygen atoms in total. The third-order valence-corrected chi connectivity index (χ3v) is 18.4. The Balaban J connectivity index is 0.000000111. The second-order valence-corrected chi connectivity index (χ2v) is 22.6. The summed E-state index contributed by atoms with van der Waals surface area (Å²) in [5, 5.41) is 9.75. The molecule has 0 amide bonds. The van der Waals surface area contributed by atoms with Gasteiger partial charge in [0.25, 0.3) is 0 Å². The van der Waals surface area contributed by atoms with E-state index in [0.29, 0.717) is 70.0 Å². The third-order valence-electron chi connectivity index (χ3n) is 18.3. The van der Waals surface area contributed by atoms with Crippen molar-refractivity contribution in [3.63, 3.8) is 0 Å². The van der Waals surface area contributed by atoms with E-state index in [1.165, 1.54) is 96.3 Å². The van der Waals surface area contributed by atoms with Crippen molar-refractivity contribution < 1.29 is 57.3 Å². The van der Waals surface area contributed by atoms with Crippen LogP contribution in [0, 0.1) is 71.0 Å². The maximum Gasteiger partial charge on any atom is 0.333 e. The third kappa shape index (κ3) is 8.85. The Morgan fingerprint density at radius 1 is 0.500 bits per heavy atom. The van der Waals surface area contributed by atoms with Crippen molar-refractivity contribution in [3.8, 4) is 0 Å². The van der Waals surface area contributed by atoms with Crippen LogP contribution in [0.4, 0.5) is 0 Å². The molecule has 13 heteroatoms. The van der Waals surface area contributed by atoms with Gasteiger partial charge in [-0.1, -0.05) is 18.2 Å². The maximum atomic E-state index is 11.8. The van der Waals surface area contributed by atoms with Crippen molar-refractivity contribution in [1.29, 1.82) is 0 Å². The smallest absolute Gasteiger partial charge is 0.333 e. The summed E-state index contributed by atoms with van der Waals surface area (Å²) in [5.41, 5.74) is 0.383. The zero-order valence-corrected chi connectivity index (χ0v) is 37.6. The molecule has 0 radical (unpaired) electrons. The number of hydrogen-bond acceptors (Lipinski definition) is 12. The predicted octanol–water partition coefficient (Wildman–Crippen LogP) is 6.81. The minimum atomic E-state index is -0.510. The molecular formula is C49H73ClO12. The van der Waals surface area contributed by atoms with E-state index in [1.807, 2.05) is 0 Å². The van der Waals surface area contributed by atoms with Crippen LogP contribution in [0.2, 0.25) is 0 Å². The van der Waals surface area contributed by atoms with E-state index in [4.69, 9.17) is 59.0 Å². The second-order valence-electron chi connectivity index (χ2n) is 22.4. The molecule has 12 bridgehead atoms. The number of carbonyl (C=O) groups is 1. The summed E-state index contributed by atoms with van der Waals surface area (Å²) >= 11 is 5.67. The highest BCUT2D eigenvalue weighted by molar-refractivity contribution is 6.17. The molecule has 4 saturated heterocycles. The van der Waals surface area contributed by atoms with E-state index in [-0.39, 0.29) is 36.6 Å². The van der Waals surface area contributed by atoms with Crippen molar-refractivity contribution in [1.82, 2.24) is 0 Å². The summed E-state index contributed by atoms with van der Waals surface area (Å²) < 4.78 is 58.2. The molecule has 348 valence electrons. The van der Waals surface area contributed by atoms with Crippen molar-refractivity contribution in [2.45, 2.75) is 170 Å². The van der Waals surface area contributed by atoms with Crippen molar-refractivity contribution in [2.75, 3.05) is 46.1 Å². The molecule has 12 saturated carbocycles. The lowest BCUT2D eigenvalue weighted by atomic mass is 9.55. The Hall–Kier alpha value is -0.900. The Bertz CT molecular complexity index is 1490. The number of ether oxygens (including phenoxy) is 10. The number of carbonyl (C=O) groups excluding carboxylic acids is 1. The van der Waals surface area contributed by atoms with Gasteiger partial charge < -0.3 is 52.5 Å². The van der Waals surface area contributed by atoms with E-state index < -0.39 is 18.2 Å².